The minimum Gasteiger partial charge on any atom is -0.458 e. The number of amides is 2. The first-order valence-corrected chi connectivity index (χ1v) is 20.1. The fourth-order valence-electron chi connectivity index (χ4n) is 8.42. The van der Waals surface area contributed by atoms with E-state index in [9.17, 15) is 32.3 Å². The van der Waals surface area contributed by atoms with Gasteiger partial charge in [0.05, 0.1) is 13.2 Å². The highest BCUT2D eigenvalue weighted by Crippen LogP contribution is 2.58. The van der Waals surface area contributed by atoms with E-state index in [4.69, 9.17) is 24.2 Å². The van der Waals surface area contributed by atoms with Crippen LogP contribution in [0, 0.1) is 5.41 Å². The topological polar surface area (TPSA) is 162 Å². The number of hydrogen-bond acceptors (Lipinski definition) is 11. The Balaban J connectivity index is 1.27. The van der Waals surface area contributed by atoms with Gasteiger partial charge in [-0.2, -0.15) is 18.2 Å². The third-order valence-electron chi connectivity index (χ3n) is 11.1. The number of benzene rings is 2. The Morgan fingerprint density at radius 2 is 1.67 bits per heavy atom. The number of hydrogen-bond donors (Lipinski definition) is 3. The van der Waals surface area contributed by atoms with Gasteiger partial charge in [0.25, 0.3) is 5.91 Å². The van der Waals surface area contributed by atoms with Gasteiger partial charge in [0.2, 0.25) is 5.91 Å². The number of carbonyl (C=O) groups is 4. The van der Waals surface area contributed by atoms with Crippen molar-refractivity contribution in [3.63, 3.8) is 0 Å². The third-order valence-corrected chi connectivity index (χ3v) is 11.1. The molecule has 2 amide bonds. The van der Waals surface area contributed by atoms with Crippen LogP contribution in [0.25, 0.3) is 6.08 Å². The standard InChI is InChI=1S/C42H52F3N3O10/c1-3-5-7-18-40(19-8-6-4-2)56-33-31-23-41(39(53)47-24-29-10-9-11-30(22-29)37(51)46-20-21-49)35(38(52)55-31)48(58-36(41)34(33)57-40)25-28-14-12-27(13-15-28)16-17-32(50)54-26-42(43,44)45/h9-17,22,31,33-36,49H,3-8,18-21,23-26H2,1-2H3,(H,46,51)(H,47,53)/t31-,33+,34+,35-,36-,41-/m1/s1. The van der Waals surface area contributed by atoms with Crippen LogP contribution in [0.1, 0.15) is 98.7 Å². The van der Waals surface area contributed by atoms with E-state index in [-0.39, 0.29) is 38.6 Å². The number of halogens is 3. The number of carbonyl (C=O) groups excluding carboxylic acids is 4. The first-order chi connectivity index (χ1) is 27.8. The van der Waals surface area contributed by atoms with Crippen molar-refractivity contribution < 1.29 is 61.2 Å². The summed E-state index contributed by atoms with van der Waals surface area (Å²) < 4.78 is 61.4. The van der Waals surface area contributed by atoms with Crippen LogP contribution in [0.2, 0.25) is 0 Å². The van der Waals surface area contributed by atoms with E-state index >= 15 is 0 Å². The zero-order valence-corrected chi connectivity index (χ0v) is 32.8. The van der Waals surface area contributed by atoms with Crippen molar-refractivity contribution in [3.05, 3.63) is 76.9 Å². The molecular formula is C42H52F3N3O10. The second-order valence-electron chi connectivity index (χ2n) is 15.4. The van der Waals surface area contributed by atoms with E-state index < -0.39 is 72.3 Å². The van der Waals surface area contributed by atoms with Gasteiger partial charge in [-0.25, -0.2) is 4.79 Å². The highest BCUT2D eigenvalue weighted by atomic mass is 19.4. The summed E-state index contributed by atoms with van der Waals surface area (Å²) in [7, 11) is 0. The summed E-state index contributed by atoms with van der Waals surface area (Å²) in [5, 5.41) is 16.2. The number of nitrogens with one attached hydrogen (secondary N) is 2. The van der Waals surface area contributed by atoms with E-state index in [1.807, 2.05) is 0 Å². The molecule has 4 fully saturated rings. The van der Waals surface area contributed by atoms with Gasteiger partial charge in [-0.3, -0.25) is 19.2 Å². The number of ether oxygens (including phenoxy) is 4. The van der Waals surface area contributed by atoms with Crippen molar-refractivity contribution in [1.29, 1.82) is 0 Å². The molecule has 3 heterocycles. The van der Waals surface area contributed by atoms with Gasteiger partial charge < -0.3 is 34.7 Å². The van der Waals surface area contributed by atoms with Crippen LogP contribution in [-0.2, 0) is 51.3 Å². The average molecular weight is 816 g/mol. The number of unbranched alkanes of at least 4 members (excludes halogenated alkanes) is 4. The van der Waals surface area contributed by atoms with Crippen LogP contribution in [-0.4, -0.2) is 96.1 Å². The largest absolute Gasteiger partial charge is 0.458 e. The van der Waals surface area contributed by atoms with Crippen molar-refractivity contribution in [2.45, 2.75) is 127 Å². The first-order valence-electron chi connectivity index (χ1n) is 20.1. The summed E-state index contributed by atoms with van der Waals surface area (Å²) in [6, 6.07) is 12.3. The molecular weight excluding hydrogens is 763 g/mol. The number of aliphatic hydroxyl groups excluding tert-OH is 1. The smallest absolute Gasteiger partial charge is 0.422 e. The summed E-state index contributed by atoms with van der Waals surface area (Å²) in [4.78, 5) is 60.0. The Labute approximate surface area is 335 Å². The van der Waals surface area contributed by atoms with E-state index in [2.05, 4.69) is 29.2 Å². The van der Waals surface area contributed by atoms with Crippen molar-refractivity contribution in [2.24, 2.45) is 5.41 Å². The van der Waals surface area contributed by atoms with Gasteiger partial charge in [-0.05, 0) is 47.7 Å². The van der Waals surface area contributed by atoms with Crippen molar-refractivity contribution in [2.75, 3.05) is 19.8 Å². The molecule has 0 spiro atoms. The minimum atomic E-state index is -4.64. The zero-order chi connectivity index (χ0) is 41.5. The number of aliphatic hydroxyl groups is 1. The Bertz CT molecular complexity index is 1800. The second kappa shape index (κ2) is 18.7. The fourth-order valence-corrected chi connectivity index (χ4v) is 8.42. The average Bonchev–Trinajstić information content (AvgIpc) is 3.76. The molecule has 1 saturated carbocycles. The highest BCUT2D eigenvalue weighted by molar-refractivity contribution is 5.95. The number of esters is 2. The quantitative estimate of drug-likeness (QED) is 0.0961. The Morgan fingerprint density at radius 3 is 2.34 bits per heavy atom. The maximum Gasteiger partial charge on any atom is 0.422 e. The molecule has 58 heavy (non-hydrogen) atoms. The SMILES string of the molecule is CCCCCC1(CCCCC)O[C@@H]2[C@H](O1)[C@H]1ON(Cc3ccc(C=CC(=O)OCC(F)(F)F)cc3)[C@@H]3C(=O)O[C@@H]2C[C@]13C(=O)NCc1cccc(C(=O)NCCO)c1. The molecule has 2 aromatic carbocycles. The van der Waals surface area contributed by atoms with E-state index in [0.717, 1.165) is 44.6 Å². The predicted octanol–water partition coefficient (Wildman–Crippen LogP) is 5.28. The maximum atomic E-state index is 14.8. The molecule has 3 saturated heterocycles. The van der Waals surface area contributed by atoms with E-state index in [0.29, 0.717) is 35.1 Å². The number of hydroxylamine groups is 2. The Hall–Kier alpha value is -4.35. The minimum absolute atomic E-state index is 0.0447. The lowest BCUT2D eigenvalue weighted by Crippen LogP contribution is -2.69. The highest BCUT2D eigenvalue weighted by Gasteiger charge is 2.76. The number of fused-ring (bicyclic) bond motifs is 4. The van der Waals surface area contributed by atoms with Gasteiger partial charge in [0.15, 0.2) is 18.4 Å². The lowest BCUT2D eigenvalue weighted by Gasteiger charge is -2.48. The second-order valence-corrected chi connectivity index (χ2v) is 15.4. The normalized spacial score (nSPS) is 26.0. The fraction of sp³-hybridized carbons (Fsp3) is 0.571. The van der Waals surface area contributed by atoms with Gasteiger partial charge in [-0.15, -0.1) is 0 Å². The molecule has 1 aliphatic carbocycles. The van der Waals surface area contributed by atoms with Crippen molar-refractivity contribution in [1.82, 2.24) is 15.7 Å². The molecule has 16 heteroatoms. The maximum absolute atomic E-state index is 14.8. The lowest BCUT2D eigenvalue weighted by atomic mass is 9.62. The molecule has 0 unspecified atom stereocenters. The summed E-state index contributed by atoms with van der Waals surface area (Å²) in [5.74, 6) is -3.51. The number of alkyl halides is 3. The predicted molar refractivity (Wildman–Crippen MR) is 202 cm³/mol. The molecule has 4 aliphatic rings. The molecule has 2 aromatic rings. The lowest BCUT2D eigenvalue weighted by molar-refractivity contribution is -0.224. The molecule has 6 atom stereocenters. The van der Waals surface area contributed by atoms with Gasteiger partial charge in [0.1, 0.15) is 29.8 Å². The van der Waals surface area contributed by atoms with Crippen LogP contribution in [0.15, 0.2) is 54.6 Å². The molecule has 3 N–H and O–H groups in total. The first kappa shape index (κ1) is 43.2. The van der Waals surface area contributed by atoms with Gasteiger partial charge in [0, 0.05) is 44.0 Å². The molecule has 6 rings (SSSR count). The molecule has 316 valence electrons. The number of nitrogens with zero attached hydrogens (tertiary/aromatic N) is 1. The van der Waals surface area contributed by atoms with Crippen molar-refractivity contribution >= 4 is 29.8 Å². The van der Waals surface area contributed by atoms with Crippen LogP contribution < -0.4 is 10.6 Å². The monoisotopic (exact) mass is 815 g/mol. The molecule has 0 aromatic heterocycles. The van der Waals surface area contributed by atoms with Crippen LogP contribution in [0.4, 0.5) is 13.2 Å². The van der Waals surface area contributed by atoms with Crippen LogP contribution >= 0.6 is 0 Å². The summed E-state index contributed by atoms with van der Waals surface area (Å²) in [5.41, 5.74) is 0.742. The summed E-state index contributed by atoms with van der Waals surface area (Å²) in [6.45, 7) is 2.54. The Kier molecular flexibility index (Phi) is 13.9. The van der Waals surface area contributed by atoms with E-state index in [1.54, 1.807) is 48.5 Å². The zero-order valence-electron chi connectivity index (χ0n) is 32.8. The summed E-state index contributed by atoms with van der Waals surface area (Å²) in [6.07, 6.45) is 1.61. The number of rotatable bonds is 19. The Morgan fingerprint density at radius 1 is 0.966 bits per heavy atom. The third kappa shape index (κ3) is 9.74. The molecule has 13 nitrogen and oxygen atoms in total. The van der Waals surface area contributed by atoms with Crippen molar-refractivity contribution in [3.8, 4) is 0 Å². The van der Waals surface area contributed by atoms with E-state index in [1.165, 1.54) is 11.1 Å². The van der Waals surface area contributed by atoms with Crippen LogP contribution in [0.3, 0.4) is 0 Å². The van der Waals surface area contributed by atoms with Crippen LogP contribution in [0.5, 0.6) is 0 Å². The molecule has 3 aliphatic heterocycles. The van der Waals surface area contributed by atoms with Gasteiger partial charge in [-0.1, -0.05) is 75.9 Å². The molecule has 0 radical (unpaired) electrons. The van der Waals surface area contributed by atoms with Gasteiger partial charge >= 0.3 is 18.1 Å². The molecule has 2 bridgehead atoms. The summed E-state index contributed by atoms with van der Waals surface area (Å²) >= 11 is 0.